The molecule has 1 aliphatic rings. The van der Waals surface area contributed by atoms with Crippen LogP contribution in [0.5, 0.6) is 0 Å². The first kappa shape index (κ1) is 11.6. The van der Waals surface area contributed by atoms with Gasteiger partial charge in [-0.15, -0.1) is 0 Å². The van der Waals surface area contributed by atoms with Crippen molar-refractivity contribution in [2.45, 2.75) is 21.7 Å². The monoisotopic (exact) mass is 328 g/mol. The van der Waals surface area contributed by atoms with Crippen molar-refractivity contribution in [1.82, 2.24) is 0 Å². The van der Waals surface area contributed by atoms with Crippen LogP contribution in [0.15, 0.2) is 12.2 Å². The summed E-state index contributed by atoms with van der Waals surface area (Å²) in [4.78, 5) is 19.7. The molecule has 0 aromatic rings. The molecule has 0 saturated carbocycles. The van der Waals surface area contributed by atoms with Crippen molar-refractivity contribution in [3.8, 4) is 0 Å². The maximum Gasteiger partial charge on any atom is 0.464 e. The van der Waals surface area contributed by atoms with E-state index in [1.54, 1.807) is 6.08 Å². The summed E-state index contributed by atoms with van der Waals surface area (Å²) < 4.78 is -0.863. The maximum absolute atomic E-state index is 10.7. The zero-order chi connectivity index (χ0) is 11.0. The third-order valence-electron chi connectivity index (χ3n) is 2.00. The SMILES string of the molecule is O=[N+]([O-])C1([N+](=O)[O-])CC=CC(Br)(Br)C1. The molecule has 0 radical (unpaired) electrons. The van der Waals surface area contributed by atoms with Gasteiger partial charge in [-0.25, -0.2) is 0 Å². The lowest BCUT2D eigenvalue weighted by molar-refractivity contribution is -0.797. The fourth-order valence-corrected chi connectivity index (χ4v) is 2.55. The summed E-state index contributed by atoms with van der Waals surface area (Å²) in [5.74, 6) is 0. The van der Waals surface area contributed by atoms with Gasteiger partial charge in [-0.3, -0.25) is 20.2 Å². The standard InChI is InChI=1S/C6H6Br2N2O4/c7-5(8)2-1-3-6(4-5,9(11)12)10(13)14/h1-2H,3-4H2. The van der Waals surface area contributed by atoms with Crippen LogP contribution in [0.3, 0.4) is 0 Å². The Balaban J connectivity index is 3.10. The lowest BCUT2D eigenvalue weighted by atomic mass is 9.95. The molecule has 1 aliphatic carbocycles. The van der Waals surface area contributed by atoms with Crippen LogP contribution in [0.25, 0.3) is 0 Å². The van der Waals surface area contributed by atoms with Gasteiger partial charge in [-0.05, 0) is 0 Å². The van der Waals surface area contributed by atoms with Crippen molar-refractivity contribution in [2.75, 3.05) is 0 Å². The van der Waals surface area contributed by atoms with Gasteiger partial charge in [-0.1, -0.05) is 44.0 Å². The highest BCUT2D eigenvalue weighted by atomic mass is 79.9. The molecule has 0 aromatic carbocycles. The molecule has 0 bridgehead atoms. The smallest absolute Gasteiger partial charge is 0.258 e. The average molecular weight is 330 g/mol. The molecule has 0 N–H and O–H groups in total. The molecule has 0 spiro atoms. The summed E-state index contributed by atoms with van der Waals surface area (Å²) >= 11 is 6.25. The molecule has 78 valence electrons. The molecule has 0 atom stereocenters. The lowest BCUT2D eigenvalue weighted by Gasteiger charge is -2.25. The quantitative estimate of drug-likeness (QED) is 0.255. The van der Waals surface area contributed by atoms with Gasteiger partial charge in [0.25, 0.3) is 0 Å². The molecule has 1 rings (SSSR count). The number of nitro groups is 2. The molecule has 0 aromatic heterocycles. The predicted molar refractivity (Wildman–Crippen MR) is 55.7 cm³/mol. The van der Waals surface area contributed by atoms with E-state index in [2.05, 4.69) is 31.9 Å². The van der Waals surface area contributed by atoms with Crippen molar-refractivity contribution in [2.24, 2.45) is 0 Å². The van der Waals surface area contributed by atoms with Gasteiger partial charge in [0.1, 0.15) is 16.1 Å². The second-order valence-corrected chi connectivity index (χ2v) is 6.94. The molecule has 0 fully saturated rings. The van der Waals surface area contributed by atoms with E-state index in [0.717, 1.165) is 0 Å². The van der Waals surface area contributed by atoms with Gasteiger partial charge < -0.3 is 0 Å². The lowest BCUT2D eigenvalue weighted by Crippen LogP contribution is -2.50. The number of allylic oxidation sites excluding steroid dienone is 1. The number of hydrogen-bond donors (Lipinski definition) is 0. The zero-order valence-electron chi connectivity index (χ0n) is 6.85. The van der Waals surface area contributed by atoms with E-state index in [4.69, 9.17) is 0 Å². The van der Waals surface area contributed by atoms with Gasteiger partial charge in [0.2, 0.25) is 0 Å². The first-order valence-corrected chi connectivity index (χ1v) is 5.23. The molecular weight excluding hydrogens is 324 g/mol. The Morgan fingerprint density at radius 2 is 1.71 bits per heavy atom. The van der Waals surface area contributed by atoms with E-state index < -0.39 is 18.7 Å². The maximum atomic E-state index is 10.7. The highest BCUT2D eigenvalue weighted by Crippen LogP contribution is 2.42. The minimum atomic E-state index is -2.12. The molecule has 0 amide bonds. The molecule has 0 aliphatic heterocycles. The average Bonchev–Trinajstić information content (AvgIpc) is 2.01. The Kier molecular flexibility index (Phi) is 2.96. The number of halogens is 2. The van der Waals surface area contributed by atoms with E-state index >= 15 is 0 Å². The summed E-state index contributed by atoms with van der Waals surface area (Å²) in [5, 5.41) is 21.4. The number of alkyl halides is 2. The van der Waals surface area contributed by atoms with Crippen LogP contribution in [0.4, 0.5) is 0 Å². The Hall–Kier alpha value is -0.500. The van der Waals surface area contributed by atoms with Gasteiger partial charge in [0.05, 0.1) is 9.85 Å². The van der Waals surface area contributed by atoms with Crippen molar-refractivity contribution in [3.05, 3.63) is 32.4 Å². The first-order chi connectivity index (χ1) is 6.30. The van der Waals surface area contributed by atoms with Crippen LogP contribution in [-0.2, 0) is 0 Å². The van der Waals surface area contributed by atoms with Crippen molar-refractivity contribution < 1.29 is 9.85 Å². The molecular formula is C6H6Br2N2O4. The van der Waals surface area contributed by atoms with Crippen LogP contribution in [0.1, 0.15) is 12.8 Å². The summed E-state index contributed by atoms with van der Waals surface area (Å²) in [6.45, 7) is 0. The van der Waals surface area contributed by atoms with Gasteiger partial charge in [0.15, 0.2) is 0 Å². The summed E-state index contributed by atoms with van der Waals surface area (Å²) in [5.41, 5.74) is -2.12. The van der Waals surface area contributed by atoms with E-state index in [1.807, 2.05) is 0 Å². The van der Waals surface area contributed by atoms with Gasteiger partial charge in [0, 0.05) is 0 Å². The topological polar surface area (TPSA) is 86.3 Å². The zero-order valence-corrected chi connectivity index (χ0v) is 10.0. The summed E-state index contributed by atoms with van der Waals surface area (Å²) in [6, 6.07) is 0. The molecule has 8 heteroatoms. The normalized spacial score (nSPS) is 23.0. The third kappa shape index (κ3) is 1.95. The second-order valence-electron chi connectivity index (χ2n) is 3.04. The number of rotatable bonds is 2. The van der Waals surface area contributed by atoms with Crippen LogP contribution in [0.2, 0.25) is 0 Å². The Morgan fingerprint density at radius 3 is 2.00 bits per heavy atom. The van der Waals surface area contributed by atoms with E-state index in [9.17, 15) is 20.2 Å². The van der Waals surface area contributed by atoms with Crippen LogP contribution >= 0.6 is 31.9 Å². The minimum Gasteiger partial charge on any atom is -0.258 e. The Labute approximate surface area is 95.9 Å². The first-order valence-electron chi connectivity index (χ1n) is 3.65. The number of hydrogen-bond acceptors (Lipinski definition) is 4. The fraction of sp³-hybridized carbons (Fsp3) is 0.667. The van der Waals surface area contributed by atoms with Crippen LogP contribution in [0, 0.1) is 20.2 Å². The molecule has 0 unspecified atom stereocenters. The largest absolute Gasteiger partial charge is 0.464 e. The Bertz CT molecular complexity index is 301. The summed E-state index contributed by atoms with van der Waals surface area (Å²) in [7, 11) is 0. The van der Waals surface area contributed by atoms with E-state index in [-0.39, 0.29) is 12.8 Å². The van der Waals surface area contributed by atoms with E-state index in [1.165, 1.54) is 6.08 Å². The molecule has 6 nitrogen and oxygen atoms in total. The highest BCUT2D eigenvalue weighted by molar-refractivity contribution is 9.25. The fourth-order valence-electron chi connectivity index (χ4n) is 1.27. The predicted octanol–water partition coefficient (Wildman–Crippen LogP) is 2.07. The van der Waals surface area contributed by atoms with Crippen molar-refractivity contribution in [3.63, 3.8) is 0 Å². The Morgan fingerprint density at radius 1 is 1.21 bits per heavy atom. The molecule has 0 heterocycles. The van der Waals surface area contributed by atoms with Gasteiger partial charge in [-0.2, -0.15) is 0 Å². The summed E-state index contributed by atoms with van der Waals surface area (Å²) in [6.07, 6.45) is 2.64. The molecule has 0 saturated heterocycles. The van der Waals surface area contributed by atoms with Crippen molar-refractivity contribution >= 4 is 31.9 Å². The third-order valence-corrected chi connectivity index (χ3v) is 3.09. The highest BCUT2D eigenvalue weighted by Gasteiger charge is 2.60. The molecule has 14 heavy (non-hydrogen) atoms. The van der Waals surface area contributed by atoms with Gasteiger partial charge >= 0.3 is 5.66 Å². The minimum absolute atomic E-state index is 0.189. The second kappa shape index (κ2) is 3.58. The van der Waals surface area contributed by atoms with Crippen LogP contribution in [-0.4, -0.2) is 18.7 Å². The van der Waals surface area contributed by atoms with E-state index in [0.29, 0.717) is 0 Å². The van der Waals surface area contributed by atoms with Crippen molar-refractivity contribution in [1.29, 1.82) is 0 Å². The van der Waals surface area contributed by atoms with Crippen LogP contribution < -0.4 is 0 Å². The number of nitrogens with zero attached hydrogens (tertiary/aromatic N) is 2.